The second kappa shape index (κ2) is 4.60. The highest BCUT2D eigenvalue weighted by molar-refractivity contribution is 5.82. The number of esters is 1. The van der Waals surface area contributed by atoms with Crippen LogP contribution >= 0.6 is 0 Å². The second-order valence-electron chi connectivity index (χ2n) is 7.65. The van der Waals surface area contributed by atoms with Gasteiger partial charge in [0.25, 0.3) is 0 Å². The quantitative estimate of drug-likeness (QED) is 0.616. The van der Waals surface area contributed by atoms with Crippen molar-refractivity contribution in [3.05, 3.63) is 60.2 Å². The summed E-state index contributed by atoms with van der Waals surface area (Å²) < 4.78 is 18.0. The molecule has 3 saturated heterocycles. The van der Waals surface area contributed by atoms with Crippen molar-refractivity contribution in [1.29, 1.82) is 0 Å². The summed E-state index contributed by atoms with van der Waals surface area (Å²) in [4.78, 5) is 15.2. The van der Waals surface area contributed by atoms with E-state index in [1.807, 2.05) is 36.4 Å². The number of hydrogen-bond acceptors (Lipinski definition) is 5. The van der Waals surface area contributed by atoms with Gasteiger partial charge in [-0.3, -0.25) is 4.79 Å². The fourth-order valence-electron chi connectivity index (χ4n) is 5.66. The lowest BCUT2D eigenvalue weighted by molar-refractivity contribution is -0.148. The van der Waals surface area contributed by atoms with Crippen molar-refractivity contribution in [3.8, 4) is 5.75 Å². The van der Waals surface area contributed by atoms with Crippen molar-refractivity contribution < 1.29 is 19.0 Å². The predicted molar refractivity (Wildman–Crippen MR) is 94.1 cm³/mol. The molecule has 0 aromatic heterocycles. The number of rotatable bonds is 2. The molecule has 2 spiro atoms. The van der Waals surface area contributed by atoms with Crippen LogP contribution in [0, 0.1) is 5.92 Å². The highest BCUT2D eigenvalue weighted by atomic mass is 16.6. The molecule has 4 aliphatic rings. The molecule has 5 nitrogen and oxygen atoms in total. The lowest BCUT2D eigenvalue weighted by Crippen LogP contribution is -2.47. The Balaban J connectivity index is 1.51. The molecule has 5 heteroatoms. The number of benzene rings is 2. The van der Waals surface area contributed by atoms with E-state index >= 15 is 0 Å². The number of carbonyl (C=O) groups excluding carboxylic acids is 1. The topological polar surface area (TPSA) is 47.8 Å². The summed E-state index contributed by atoms with van der Waals surface area (Å²) in [6, 6.07) is 18.4. The number of methoxy groups -OCH3 is 1. The average Bonchev–Trinajstić information content (AvgIpc) is 3.03. The molecule has 0 aliphatic carbocycles. The van der Waals surface area contributed by atoms with E-state index in [-0.39, 0.29) is 23.8 Å². The first-order chi connectivity index (χ1) is 12.7. The monoisotopic (exact) mass is 349 g/mol. The van der Waals surface area contributed by atoms with E-state index in [2.05, 4.69) is 23.1 Å². The van der Waals surface area contributed by atoms with E-state index < -0.39 is 11.3 Å². The van der Waals surface area contributed by atoms with Gasteiger partial charge in [0.1, 0.15) is 23.9 Å². The maximum absolute atomic E-state index is 12.9. The number of carbonyl (C=O) groups is 1. The Morgan fingerprint density at radius 1 is 1.15 bits per heavy atom. The van der Waals surface area contributed by atoms with Crippen LogP contribution in [0.1, 0.15) is 17.9 Å². The summed E-state index contributed by atoms with van der Waals surface area (Å²) in [7, 11) is 1.47. The van der Waals surface area contributed by atoms with E-state index in [1.165, 1.54) is 7.11 Å². The van der Waals surface area contributed by atoms with Gasteiger partial charge in [-0.15, -0.1) is 0 Å². The van der Waals surface area contributed by atoms with Crippen molar-refractivity contribution >= 4 is 11.7 Å². The minimum atomic E-state index is -0.611. The standard InChI is InChI=1S/C21H19NO4/c1-24-19(23)18-17-14-9-5-6-10-15(14)25-12-20(17)11-16-21(18,26-20)22(16)13-7-3-2-4-8-13/h2-10,16-18H,11-12H2,1H3/t16-,17+,18+,20+,21-,22?/m1/s1. The Labute approximate surface area is 151 Å². The van der Waals surface area contributed by atoms with Crippen LogP contribution in [0.5, 0.6) is 5.75 Å². The summed E-state index contributed by atoms with van der Waals surface area (Å²) in [5.41, 5.74) is 1.10. The van der Waals surface area contributed by atoms with Crippen LogP contribution in [0.2, 0.25) is 0 Å². The average molecular weight is 349 g/mol. The lowest BCUT2D eigenvalue weighted by Gasteiger charge is -2.39. The Bertz CT molecular complexity index is 915. The highest BCUT2D eigenvalue weighted by Gasteiger charge is 2.87. The minimum absolute atomic E-state index is 0.0372. The summed E-state index contributed by atoms with van der Waals surface area (Å²) in [6.07, 6.45) is 0.869. The second-order valence-corrected chi connectivity index (χ2v) is 7.65. The Morgan fingerprint density at radius 2 is 1.92 bits per heavy atom. The highest BCUT2D eigenvalue weighted by Crippen LogP contribution is 2.74. The molecule has 2 aromatic rings. The van der Waals surface area contributed by atoms with Crippen LogP contribution in [0.25, 0.3) is 0 Å². The van der Waals surface area contributed by atoms with Gasteiger partial charge in [-0.1, -0.05) is 36.4 Å². The van der Waals surface area contributed by atoms with Gasteiger partial charge >= 0.3 is 5.97 Å². The fourth-order valence-corrected chi connectivity index (χ4v) is 5.66. The normalized spacial score (nSPS) is 38.0. The first-order valence-electron chi connectivity index (χ1n) is 9.05. The zero-order valence-corrected chi connectivity index (χ0v) is 14.4. The molecule has 2 aromatic carbocycles. The van der Waals surface area contributed by atoms with Crippen LogP contribution in [0.15, 0.2) is 54.6 Å². The molecule has 26 heavy (non-hydrogen) atoms. The number of nitrogens with zero attached hydrogens (tertiary/aromatic N) is 1. The van der Waals surface area contributed by atoms with Gasteiger partial charge in [0.05, 0.1) is 13.2 Å². The van der Waals surface area contributed by atoms with Gasteiger partial charge in [0, 0.05) is 23.6 Å². The molecule has 0 N–H and O–H groups in total. The molecule has 4 aliphatic heterocycles. The zero-order chi connectivity index (χ0) is 17.5. The summed E-state index contributed by atoms with van der Waals surface area (Å²) in [5, 5.41) is 0. The van der Waals surface area contributed by atoms with E-state index in [0.717, 1.165) is 23.4 Å². The van der Waals surface area contributed by atoms with Gasteiger partial charge in [-0.05, 0) is 18.2 Å². The third-order valence-electron chi connectivity index (χ3n) is 6.56. The predicted octanol–water partition coefficient (Wildman–Crippen LogP) is 2.71. The molecule has 0 amide bonds. The van der Waals surface area contributed by atoms with E-state index in [1.54, 1.807) is 0 Å². The first-order valence-corrected chi connectivity index (χ1v) is 9.05. The third kappa shape index (κ3) is 1.50. The minimum Gasteiger partial charge on any atom is -0.490 e. The van der Waals surface area contributed by atoms with Crippen molar-refractivity contribution in [3.63, 3.8) is 0 Å². The van der Waals surface area contributed by atoms with Gasteiger partial charge in [-0.25, -0.2) is 0 Å². The molecule has 0 radical (unpaired) electrons. The number of ether oxygens (including phenoxy) is 3. The molecule has 0 saturated carbocycles. The molecular weight excluding hydrogens is 330 g/mol. The molecule has 5 atom stereocenters. The summed E-state index contributed by atoms with van der Waals surface area (Å²) in [6.45, 7) is 0.489. The largest absolute Gasteiger partial charge is 0.490 e. The van der Waals surface area contributed by atoms with Crippen molar-refractivity contribution in [2.24, 2.45) is 5.92 Å². The number of para-hydroxylation sites is 2. The van der Waals surface area contributed by atoms with E-state index in [4.69, 9.17) is 14.2 Å². The van der Waals surface area contributed by atoms with Crippen LogP contribution in [-0.4, -0.2) is 37.1 Å². The van der Waals surface area contributed by atoms with Gasteiger partial charge in [0.15, 0.2) is 5.72 Å². The Morgan fingerprint density at radius 3 is 2.73 bits per heavy atom. The molecule has 4 heterocycles. The SMILES string of the molecule is COC(=O)[C@@H]1[C@@H]2c3ccccc3OC[C@@]23C[C@H]2N(c4ccccc4)[C@]12O3. The van der Waals surface area contributed by atoms with Gasteiger partial charge < -0.3 is 19.1 Å². The van der Waals surface area contributed by atoms with Crippen LogP contribution in [0.3, 0.4) is 0 Å². The van der Waals surface area contributed by atoms with Crippen molar-refractivity contribution in [2.75, 3.05) is 18.6 Å². The smallest absolute Gasteiger partial charge is 0.314 e. The molecule has 6 rings (SSSR count). The zero-order valence-electron chi connectivity index (χ0n) is 14.4. The number of hydrogen-bond donors (Lipinski definition) is 0. The first kappa shape index (κ1) is 14.6. The summed E-state index contributed by atoms with van der Waals surface area (Å²) in [5.74, 6) is 0.270. The van der Waals surface area contributed by atoms with E-state index in [0.29, 0.717) is 6.61 Å². The third-order valence-corrected chi connectivity index (χ3v) is 6.56. The molecule has 2 bridgehead atoms. The molecule has 3 fully saturated rings. The Kier molecular flexibility index (Phi) is 2.58. The van der Waals surface area contributed by atoms with Crippen molar-refractivity contribution in [2.45, 2.75) is 29.7 Å². The van der Waals surface area contributed by atoms with Crippen LogP contribution in [0.4, 0.5) is 5.69 Å². The fraction of sp³-hybridized carbons (Fsp3) is 0.381. The lowest BCUT2D eigenvalue weighted by atomic mass is 9.67. The molecule has 0 unspecified atom stereocenters. The van der Waals surface area contributed by atoms with Crippen LogP contribution < -0.4 is 9.64 Å². The van der Waals surface area contributed by atoms with Crippen molar-refractivity contribution in [1.82, 2.24) is 0 Å². The van der Waals surface area contributed by atoms with Gasteiger partial charge in [0.2, 0.25) is 0 Å². The maximum atomic E-state index is 12.9. The van der Waals surface area contributed by atoms with Gasteiger partial charge in [-0.2, -0.15) is 0 Å². The Hall–Kier alpha value is -2.53. The molecular formula is C21H19NO4. The van der Waals surface area contributed by atoms with E-state index in [9.17, 15) is 4.79 Å². The number of fused-ring (bicyclic) bond motifs is 2. The molecule has 132 valence electrons. The maximum Gasteiger partial charge on any atom is 0.314 e. The number of anilines is 1. The summed E-state index contributed by atoms with van der Waals surface area (Å²) >= 11 is 0. The van der Waals surface area contributed by atoms with Crippen LogP contribution in [-0.2, 0) is 14.3 Å².